The van der Waals surface area contributed by atoms with Gasteiger partial charge in [0.15, 0.2) is 0 Å². The number of rotatable bonds is 7. The van der Waals surface area contributed by atoms with Gasteiger partial charge in [-0.1, -0.05) is 33.1 Å². The van der Waals surface area contributed by atoms with Crippen molar-refractivity contribution in [2.24, 2.45) is 11.8 Å². The van der Waals surface area contributed by atoms with Crippen LogP contribution in [-0.4, -0.2) is 37.0 Å². The van der Waals surface area contributed by atoms with Gasteiger partial charge in [0, 0.05) is 19.5 Å². The van der Waals surface area contributed by atoms with Crippen LogP contribution in [0.5, 0.6) is 0 Å². The molecule has 0 N–H and O–H groups in total. The minimum atomic E-state index is -0.248. The summed E-state index contributed by atoms with van der Waals surface area (Å²) in [5.41, 5.74) is 0. The lowest BCUT2D eigenvalue weighted by atomic mass is 9.86. The molecule has 0 saturated heterocycles. The monoisotopic (exact) mass is 283 g/mol. The summed E-state index contributed by atoms with van der Waals surface area (Å²) in [7, 11) is 1.40. The van der Waals surface area contributed by atoms with Gasteiger partial charge in [0.2, 0.25) is 5.91 Å². The third-order valence-corrected chi connectivity index (χ3v) is 4.13. The highest BCUT2D eigenvalue weighted by molar-refractivity contribution is 5.78. The summed E-state index contributed by atoms with van der Waals surface area (Å²) >= 11 is 0. The van der Waals surface area contributed by atoms with Crippen LogP contribution in [-0.2, 0) is 14.3 Å². The summed E-state index contributed by atoms with van der Waals surface area (Å²) in [4.78, 5) is 25.8. The molecule has 0 bridgehead atoms. The maximum atomic E-state index is 12.4. The highest BCUT2D eigenvalue weighted by atomic mass is 16.5. The van der Waals surface area contributed by atoms with E-state index in [9.17, 15) is 9.59 Å². The largest absolute Gasteiger partial charge is 0.469 e. The maximum Gasteiger partial charge on any atom is 0.310 e. The molecule has 0 aromatic carbocycles. The molecule has 1 atom stereocenters. The van der Waals surface area contributed by atoms with Crippen molar-refractivity contribution in [3.05, 3.63) is 0 Å². The molecule has 1 fully saturated rings. The van der Waals surface area contributed by atoms with E-state index < -0.39 is 0 Å². The number of nitrogens with zero attached hydrogens (tertiary/aromatic N) is 1. The molecule has 0 aromatic rings. The van der Waals surface area contributed by atoms with Gasteiger partial charge in [-0.25, -0.2) is 0 Å². The van der Waals surface area contributed by atoms with Gasteiger partial charge in [0.1, 0.15) is 0 Å². The van der Waals surface area contributed by atoms with E-state index in [2.05, 4.69) is 6.92 Å². The quantitative estimate of drug-likeness (QED) is 0.675. The highest BCUT2D eigenvalue weighted by Crippen LogP contribution is 2.27. The molecule has 4 nitrogen and oxygen atoms in total. The predicted octanol–water partition coefficient (Wildman–Crippen LogP) is 3.00. The molecule has 116 valence electrons. The topological polar surface area (TPSA) is 46.6 Å². The minimum Gasteiger partial charge on any atom is -0.469 e. The fraction of sp³-hybridized carbons (Fsp3) is 0.875. The van der Waals surface area contributed by atoms with Crippen LogP contribution in [0, 0.1) is 11.8 Å². The average Bonchev–Trinajstić information content (AvgIpc) is 2.46. The predicted molar refractivity (Wildman–Crippen MR) is 79.2 cm³/mol. The zero-order chi connectivity index (χ0) is 15.0. The fourth-order valence-corrected chi connectivity index (χ4v) is 2.96. The molecule has 1 unspecified atom stereocenters. The third kappa shape index (κ3) is 5.51. The molecular weight excluding hydrogens is 254 g/mol. The van der Waals surface area contributed by atoms with Crippen molar-refractivity contribution in [2.45, 2.75) is 58.8 Å². The molecule has 0 spiro atoms. The molecule has 0 radical (unpaired) electrons. The molecule has 1 aliphatic rings. The van der Waals surface area contributed by atoms with Crippen molar-refractivity contribution >= 4 is 11.9 Å². The van der Waals surface area contributed by atoms with Crippen molar-refractivity contribution in [1.29, 1.82) is 0 Å². The van der Waals surface area contributed by atoms with E-state index in [0.717, 1.165) is 13.0 Å². The van der Waals surface area contributed by atoms with Gasteiger partial charge in [-0.05, 0) is 25.2 Å². The molecule has 0 aromatic heterocycles. The van der Waals surface area contributed by atoms with E-state index in [4.69, 9.17) is 4.74 Å². The molecular formula is C16H29NO3. The zero-order valence-corrected chi connectivity index (χ0v) is 13.2. The number of hydrogen-bond donors (Lipinski definition) is 0. The summed E-state index contributed by atoms with van der Waals surface area (Å²) in [6.07, 6.45) is 7.74. The number of amides is 1. The van der Waals surface area contributed by atoms with Crippen molar-refractivity contribution in [1.82, 2.24) is 4.90 Å². The number of carbonyl (C=O) groups excluding carboxylic acids is 2. The standard InChI is InChI=1S/C16H29NO3/c1-4-10-17(12-13(2)16(19)20-3)15(18)11-14-8-6-5-7-9-14/h13-14H,4-12H2,1-3H3. The lowest BCUT2D eigenvalue weighted by Crippen LogP contribution is -2.38. The average molecular weight is 283 g/mol. The Bertz CT molecular complexity index is 311. The highest BCUT2D eigenvalue weighted by Gasteiger charge is 2.24. The van der Waals surface area contributed by atoms with Crippen LogP contribution in [0.25, 0.3) is 0 Å². The smallest absolute Gasteiger partial charge is 0.310 e. The lowest BCUT2D eigenvalue weighted by molar-refractivity contribution is -0.146. The number of carbonyl (C=O) groups is 2. The summed E-state index contributed by atoms with van der Waals surface area (Å²) in [5, 5.41) is 0. The first kappa shape index (κ1) is 17.0. The van der Waals surface area contributed by atoms with Gasteiger partial charge in [-0.2, -0.15) is 0 Å². The molecule has 1 saturated carbocycles. The molecule has 1 amide bonds. The van der Waals surface area contributed by atoms with E-state index in [-0.39, 0.29) is 17.8 Å². The Morgan fingerprint density at radius 2 is 1.90 bits per heavy atom. The van der Waals surface area contributed by atoms with Crippen LogP contribution >= 0.6 is 0 Å². The SMILES string of the molecule is CCCN(CC(C)C(=O)OC)C(=O)CC1CCCCC1. The number of ether oxygens (including phenoxy) is 1. The number of hydrogen-bond acceptors (Lipinski definition) is 3. The molecule has 20 heavy (non-hydrogen) atoms. The number of methoxy groups -OCH3 is 1. The second kappa shape index (κ2) is 8.98. The summed E-state index contributed by atoms with van der Waals surface area (Å²) in [5.74, 6) is 0.261. The van der Waals surface area contributed by atoms with Crippen LogP contribution in [0.4, 0.5) is 0 Å². The summed E-state index contributed by atoms with van der Waals surface area (Å²) < 4.78 is 4.74. The van der Waals surface area contributed by atoms with Crippen molar-refractivity contribution in [3.63, 3.8) is 0 Å². The normalized spacial score (nSPS) is 17.6. The van der Waals surface area contributed by atoms with E-state index in [1.54, 1.807) is 0 Å². The lowest BCUT2D eigenvalue weighted by Gasteiger charge is -2.28. The van der Waals surface area contributed by atoms with E-state index in [1.165, 1.54) is 39.2 Å². The van der Waals surface area contributed by atoms with E-state index in [1.807, 2.05) is 11.8 Å². The van der Waals surface area contributed by atoms with Gasteiger partial charge in [-0.3, -0.25) is 9.59 Å². The Morgan fingerprint density at radius 3 is 2.45 bits per heavy atom. The summed E-state index contributed by atoms with van der Waals surface area (Å²) in [6, 6.07) is 0. The van der Waals surface area contributed by atoms with Crippen LogP contribution in [0.1, 0.15) is 58.8 Å². The molecule has 0 aliphatic heterocycles. The molecule has 1 rings (SSSR count). The van der Waals surface area contributed by atoms with Gasteiger partial charge in [-0.15, -0.1) is 0 Å². The third-order valence-electron chi connectivity index (χ3n) is 4.13. The first-order valence-electron chi connectivity index (χ1n) is 7.94. The second-order valence-corrected chi connectivity index (χ2v) is 5.97. The molecule has 4 heteroatoms. The molecule has 0 heterocycles. The Morgan fingerprint density at radius 1 is 1.25 bits per heavy atom. The first-order chi connectivity index (χ1) is 9.58. The Kier molecular flexibility index (Phi) is 7.63. The summed E-state index contributed by atoms with van der Waals surface area (Å²) in [6.45, 7) is 5.09. The Hall–Kier alpha value is -1.06. The van der Waals surface area contributed by atoms with E-state index >= 15 is 0 Å². The maximum absolute atomic E-state index is 12.4. The van der Waals surface area contributed by atoms with E-state index in [0.29, 0.717) is 18.9 Å². The van der Waals surface area contributed by atoms with Crippen LogP contribution < -0.4 is 0 Å². The Labute approximate surface area is 122 Å². The van der Waals surface area contributed by atoms with Crippen molar-refractivity contribution < 1.29 is 14.3 Å². The van der Waals surface area contributed by atoms with Gasteiger partial charge in [0.25, 0.3) is 0 Å². The fourth-order valence-electron chi connectivity index (χ4n) is 2.96. The van der Waals surface area contributed by atoms with Gasteiger partial charge in [0.05, 0.1) is 13.0 Å². The van der Waals surface area contributed by atoms with Crippen molar-refractivity contribution in [2.75, 3.05) is 20.2 Å². The Balaban J connectivity index is 2.50. The van der Waals surface area contributed by atoms with Gasteiger partial charge >= 0.3 is 5.97 Å². The van der Waals surface area contributed by atoms with Crippen LogP contribution in [0.3, 0.4) is 0 Å². The number of esters is 1. The van der Waals surface area contributed by atoms with Gasteiger partial charge < -0.3 is 9.64 Å². The van der Waals surface area contributed by atoms with Crippen molar-refractivity contribution in [3.8, 4) is 0 Å². The van der Waals surface area contributed by atoms with Crippen LogP contribution in [0.15, 0.2) is 0 Å². The second-order valence-electron chi connectivity index (χ2n) is 5.97. The minimum absolute atomic E-state index is 0.203. The van der Waals surface area contributed by atoms with Crippen LogP contribution in [0.2, 0.25) is 0 Å². The molecule has 1 aliphatic carbocycles. The zero-order valence-electron chi connectivity index (χ0n) is 13.2. The first-order valence-corrected chi connectivity index (χ1v) is 7.94.